The van der Waals surface area contributed by atoms with Gasteiger partial charge >= 0.3 is 0 Å². The van der Waals surface area contributed by atoms with E-state index in [1.165, 1.54) is 55.2 Å². The maximum absolute atomic E-state index is 13.2. The highest BCUT2D eigenvalue weighted by Gasteiger charge is 2.40. The Morgan fingerprint density at radius 2 is 1.43 bits per heavy atom. The molecule has 6 atom stereocenters. The molecule has 5 aliphatic rings. The molecule has 0 amide bonds. The first-order chi connectivity index (χ1) is 18.1. The number of allylic oxidation sites excluding steroid dienone is 6. The van der Waals surface area contributed by atoms with Crippen molar-refractivity contribution < 1.29 is 9.90 Å². The normalized spacial score (nSPS) is 31.1. The minimum absolute atomic E-state index is 0.189. The van der Waals surface area contributed by atoms with Crippen molar-refractivity contribution in [3.05, 3.63) is 64.8 Å². The Hall–Kier alpha value is -1.93. The van der Waals surface area contributed by atoms with E-state index in [-0.39, 0.29) is 12.4 Å². The summed E-state index contributed by atoms with van der Waals surface area (Å²) >= 11 is 0. The molecule has 4 bridgehead atoms. The topological polar surface area (TPSA) is 37.3 Å². The van der Waals surface area contributed by atoms with Crippen LogP contribution in [-0.2, 0) is 0 Å². The van der Waals surface area contributed by atoms with Gasteiger partial charge in [-0.25, -0.2) is 0 Å². The van der Waals surface area contributed by atoms with Gasteiger partial charge < -0.3 is 5.11 Å². The molecular formula is C35H50O2. The van der Waals surface area contributed by atoms with Crippen molar-refractivity contribution >= 4 is 11.4 Å². The molecule has 2 heteroatoms. The second kappa shape index (κ2) is 12.7. The molecule has 202 valence electrons. The van der Waals surface area contributed by atoms with Gasteiger partial charge in [-0.15, -0.1) is 0 Å². The molecule has 5 aliphatic carbocycles. The van der Waals surface area contributed by atoms with E-state index in [2.05, 4.69) is 49.4 Å². The van der Waals surface area contributed by atoms with Gasteiger partial charge in [0.25, 0.3) is 0 Å². The van der Waals surface area contributed by atoms with Gasteiger partial charge in [-0.1, -0.05) is 69.7 Å². The standard InChI is InChI=1S/C31H38O2.2C2H6/c1-19-22(3-2-10-32)18-31(33)30-17-25(8-9-29(19)30)28(15-26-13-20-4-6-23(26)11-20)16-27-14-21-5-7-24(27)12-21;2*1-2/h4-9,17,20-21,23-24,26-28,32H,2-3,10-16,18H2,1H3;2*1-2H3. The zero-order valence-electron chi connectivity index (χ0n) is 24.0. The third-order valence-electron chi connectivity index (χ3n) is 9.77. The summed E-state index contributed by atoms with van der Waals surface area (Å²) in [6.45, 7) is 10.4. The van der Waals surface area contributed by atoms with E-state index >= 15 is 0 Å². The van der Waals surface area contributed by atoms with Crippen LogP contribution in [0.2, 0.25) is 0 Å². The quantitative estimate of drug-likeness (QED) is 0.360. The number of benzene rings is 1. The third-order valence-corrected chi connectivity index (χ3v) is 9.77. The molecule has 2 saturated carbocycles. The lowest BCUT2D eigenvalue weighted by Crippen LogP contribution is -2.18. The van der Waals surface area contributed by atoms with Crippen molar-refractivity contribution in [1.29, 1.82) is 0 Å². The Labute approximate surface area is 226 Å². The Morgan fingerprint density at radius 3 is 1.92 bits per heavy atom. The van der Waals surface area contributed by atoms with Crippen LogP contribution < -0.4 is 0 Å². The molecule has 37 heavy (non-hydrogen) atoms. The van der Waals surface area contributed by atoms with Crippen molar-refractivity contribution in [1.82, 2.24) is 0 Å². The molecule has 0 radical (unpaired) electrons. The predicted octanol–water partition coefficient (Wildman–Crippen LogP) is 9.16. The fraction of sp³-hybridized carbons (Fsp3) is 0.629. The molecule has 0 aliphatic heterocycles. The third kappa shape index (κ3) is 5.90. The van der Waals surface area contributed by atoms with Crippen LogP contribution in [0.4, 0.5) is 0 Å². The van der Waals surface area contributed by atoms with Crippen LogP contribution in [0.1, 0.15) is 120 Å². The lowest BCUT2D eigenvalue weighted by molar-refractivity contribution is 0.0989. The van der Waals surface area contributed by atoms with Crippen LogP contribution in [-0.4, -0.2) is 17.5 Å². The van der Waals surface area contributed by atoms with Gasteiger partial charge in [0.15, 0.2) is 5.78 Å². The zero-order valence-corrected chi connectivity index (χ0v) is 24.0. The monoisotopic (exact) mass is 502 g/mol. The molecule has 0 aromatic heterocycles. The Morgan fingerprint density at radius 1 is 0.838 bits per heavy atom. The van der Waals surface area contributed by atoms with E-state index in [0.717, 1.165) is 59.5 Å². The van der Waals surface area contributed by atoms with Gasteiger partial charge in [-0.3, -0.25) is 4.79 Å². The minimum atomic E-state index is 0.189. The molecule has 2 fully saturated rings. The molecule has 1 aromatic rings. The van der Waals surface area contributed by atoms with Crippen molar-refractivity contribution in [2.45, 2.75) is 98.3 Å². The highest BCUT2D eigenvalue weighted by atomic mass is 16.2. The number of fused-ring (bicyclic) bond motifs is 5. The molecule has 6 unspecified atom stereocenters. The second-order valence-corrected chi connectivity index (χ2v) is 11.7. The van der Waals surface area contributed by atoms with E-state index in [1.54, 1.807) is 0 Å². The van der Waals surface area contributed by atoms with Gasteiger partial charge in [0.1, 0.15) is 0 Å². The maximum atomic E-state index is 13.2. The molecule has 0 saturated heterocycles. The number of Topliss-reactive ketones (excluding diaryl/α,β-unsaturated/α-hetero) is 1. The summed E-state index contributed by atoms with van der Waals surface area (Å²) in [7, 11) is 0. The highest BCUT2D eigenvalue weighted by molar-refractivity contribution is 6.05. The first-order valence-corrected chi connectivity index (χ1v) is 15.4. The first kappa shape index (κ1) is 28.1. The minimum Gasteiger partial charge on any atom is -0.396 e. The summed E-state index contributed by atoms with van der Waals surface area (Å²) in [5.41, 5.74) is 5.97. The number of ketones is 1. The van der Waals surface area contributed by atoms with E-state index in [1.807, 2.05) is 27.7 Å². The van der Waals surface area contributed by atoms with Gasteiger partial charge in [0.05, 0.1) is 0 Å². The Balaban J connectivity index is 0.000000765. The fourth-order valence-electron chi connectivity index (χ4n) is 7.98. The lowest BCUT2D eigenvalue weighted by atomic mass is 9.74. The first-order valence-electron chi connectivity index (χ1n) is 15.4. The van der Waals surface area contributed by atoms with Gasteiger partial charge in [0.2, 0.25) is 0 Å². The molecule has 0 spiro atoms. The largest absolute Gasteiger partial charge is 0.396 e. The highest BCUT2D eigenvalue weighted by Crippen LogP contribution is 2.52. The molecule has 1 aromatic carbocycles. The van der Waals surface area contributed by atoms with Crippen molar-refractivity contribution in [2.24, 2.45) is 35.5 Å². The van der Waals surface area contributed by atoms with Crippen LogP contribution in [0, 0.1) is 35.5 Å². The summed E-state index contributed by atoms with van der Waals surface area (Å²) in [6.07, 6.45) is 20.1. The number of hydrogen-bond acceptors (Lipinski definition) is 2. The molecule has 1 N–H and O–H groups in total. The number of carbonyl (C=O) groups excluding carboxylic acids is 1. The van der Waals surface area contributed by atoms with Gasteiger partial charge in [-0.05, 0) is 122 Å². The van der Waals surface area contributed by atoms with Crippen LogP contribution in [0.15, 0.2) is 48.1 Å². The number of hydrogen-bond donors (Lipinski definition) is 1. The van der Waals surface area contributed by atoms with Crippen LogP contribution in [0.3, 0.4) is 0 Å². The van der Waals surface area contributed by atoms with Crippen molar-refractivity contribution in [3.63, 3.8) is 0 Å². The summed E-state index contributed by atoms with van der Waals surface area (Å²) < 4.78 is 0. The maximum Gasteiger partial charge on any atom is 0.167 e. The smallest absolute Gasteiger partial charge is 0.167 e. The molecule has 0 heterocycles. The van der Waals surface area contributed by atoms with E-state index in [9.17, 15) is 9.90 Å². The number of aliphatic hydroxyl groups is 1. The SMILES string of the molecule is CC.CC.CC1=C(CCCO)CC(=O)c2cc(C(CC3CC4C=CC3C4)CC3CC4C=CC3C4)ccc21. The van der Waals surface area contributed by atoms with Gasteiger partial charge in [-0.2, -0.15) is 0 Å². The Bertz CT molecular complexity index is 992. The van der Waals surface area contributed by atoms with E-state index < -0.39 is 0 Å². The predicted molar refractivity (Wildman–Crippen MR) is 157 cm³/mol. The number of aliphatic hydroxyl groups excluding tert-OH is 1. The summed E-state index contributed by atoms with van der Waals surface area (Å²) in [5.74, 6) is 5.69. The van der Waals surface area contributed by atoms with Crippen molar-refractivity contribution in [2.75, 3.05) is 6.61 Å². The average molecular weight is 503 g/mol. The van der Waals surface area contributed by atoms with Crippen molar-refractivity contribution in [3.8, 4) is 0 Å². The molecular weight excluding hydrogens is 452 g/mol. The number of rotatable bonds is 8. The lowest BCUT2D eigenvalue weighted by Gasteiger charge is -2.30. The molecule has 2 nitrogen and oxygen atoms in total. The summed E-state index contributed by atoms with van der Waals surface area (Å²) in [5, 5.41) is 9.24. The Kier molecular flexibility index (Phi) is 9.67. The summed E-state index contributed by atoms with van der Waals surface area (Å²) in [4.78, 5) is 13.2. The van der Waals surface area contributed by atoms with Crippen LogP contribution >= 0.6 is 0 Å². The fourth-order valence-corrected chi connectivity index (χ4v) is 7.98. The average Bonchev–Trinajstić information content (AvgIpc) is 3.75. The molecule has 6 rings (SSSR count). The van der Waals surface area contributed by atoms with E-state index in [0.29, 0.717) is 12.3 Å². The van der Waals surface area contributed by atoms with Crippen LogP contribution in [0.25, 0.3) is 5.57 Å². The van der Waals surface area contributed by atoms with E-state index in [4.69, 9.17) is 0 Å². The zero-order chi connectivity index (χ0) is 26.5. The second-order valence-electron chi connectivity index (χ2n) is 11.7. The summed E-state index contributed by atoms with van der Waals surface area (Å²) in [6, 6.07) is 6.87. The van der Waals surface area contributed by atoms with Crippen LogP contribution in [0.5, 0.6) is 0 Å². The number of carbonyl (C=O) groups is 1. The van der Waals surface area contributed by atoms with Gasteiger partial charge in [0, 0.05) is 18.6 Å².